The molecule has 6 rings (SSSR count). The minimum absolute atomic E-state index is 0.0678. The van der Waals surface area contributed by atoms with Gasteiger partial charge in [0.2, 0.25) is 5.91 Å². The zero-order valence-electron chi connectivity index (χ0n) is 19.7. The number of amides is 2. The number of halogens is 2. The van der Waals surface area contributed by atoms with E-state index in [1.807, 2.05) is 30.5 Å². The molecule has 3 heterocycles. The molecule has 37 heavy (non-hydrogen) atoms. The van der Waals surface area contributed by atoms with E-state index in [-0.39, 0.29) is 22.4 Å². The summed E-state index contributed by atoms with van der Waals surface area (Å²) in [4.78, 5) is 29.3. The molecule has 188 valence electrons. The minimum Gasteiger partial charge on any atom is -0.497 e. The van der Waals surface area contributed by atoms with Crippen LogP contribution < -0.4 is 15.4 Å². The molecule has 1 aliphatic heterocycles. The number of nitrogens with one attached hydrogen (secondary N) is 2. The number of ether oxygens (including phenoxy) is 1. The predicted octanol–water partition coefficient (Wildman–Crippen LogP) is 4.04. The number of methoxy groups -OCH3 is 1. The number of aromatic nitrogens is 3. The molecule has 0 spiro atoms. The smallest absolute Gasteiger partial charge is 0.257 e. The Hall–Kier alpha value is -3.99. The van der Waals surface area contributed by atoms with E-state index in [0.29, 0.717) is 25.0 Å². The Morgan fingerprint density at radius 2 is 2.14 bits per heavy atom. The monoisotopic (exact) mass is 521 g/mol. The van der Waals surface area contributed by atoms with Crippen molar-refractivity contribution in [3.05, 3.63) is 71.2 Å². The third-order valence-electron chi connectivity index (χ3n) is 6.61. The van der Waals surface area contributed by atoms with E-state index in [0.717, 1.165) is 45.7 Å². The third kappa shape index (κ3) is 4.18. The number of pyridine rings is 1. The van der Waals surface area contributed by atoms with Gasteiger partial charge in [-0.25, -0.2) is 13.5 Å². The number of anilines is 1. The summed E-state index contributed by atoms with van der Waals surface area (Å²) in [6, 6.07) is 8.28. The summed E-state index contributed by atoms with van der Waals surface area (Å²) < 4.78 is 36.9. The van der Waals surface area contributed by atoms with Crippen LogP contribution in [0.1, 0.15) is 28.0 Å². The van der Waals surface area contributed by atoms with Crippen LogP contribution in [0.15, 0.2) is 47.6 Å². The molecule has 2 aromatic heterocycles. The summed E-state index contributed by atoms with van der Waals surface area (Å²) in [5, 5.41) is 10.8. The fourth-order valence-corrected chi connectivity index (χ4v) is 5.63. The Morgan fingerprint density at radius 3 is 2.97 bits per heavy atom. The lowest BCUT2D eigenvalue weighted by Gasteiger charge is -2.23. The topological polar surface area (TPSA) is 98.1 Å². The van der Waals surface area contributed by atoms with Gasteiger partial charge in [0.1, 0.15) is 17.1 Å². The Kier molecular flexibility index (Phi) is 5.79. The van der Waals surface area contributed by atoms with Crippen LogP contribution in [0.25, 0.3) is 16.6 Å². The van der Waals surface area contributed by atoms with E-state index in [2.05, 4.69) is 15.6 Å². The molecule has 1 aliphatic carbocycles. The van der Waals surface area contributed by atoms with Crippen LogP contribution in [0.4, 0.5) is 14.5 Å². The van der Waals surface area contributed by atoms with E-state index in [9.17, 15) is 14.0 Å². The van der Waals surface area contributed by atoms with Crippen LogP contribution in [-0.4, -0.2) is 45.5 Å². The number of hydrogen-bond donors (Lipinski definition) is 2. The molecular formula is C26H21F2N5O3S. The van der Waals surface area contributed by atoms with E-state index in [1.165, 1.54) is 0 Å². The highest BCUT2D eigenvalue weighted by molar-refractivity contribution is 8.00. The molecule has 2 aromatic carbocycles. The van der Waals surface area contributed by atoms with Crippen molar-refractivity contribution in [2.24, 2.45) is 0 Å². The van der Waals surface area contributed by atoms with Crippen LogP contribution in [0.3, 0.4) is 0 Å². The third-order valence-corrected chi connectivity index (χ3v) is 7.65. The SMILES string of the molecule is COc1ccc2nccc(-n3cc4c(n3)CCC(NC(=O)c3c(F)cc5c(c3F)NC(=O)CS5)C4)c2c1. The van der Waals surface area contributed by atoms with Crippen molar-refractivity contribution in [3.8, 4) is 11.4 Å². The summed E-state index contributed by atoms with van der Waals surface area (Å²) in [6.07, 6.45) is 5.27. The van der Waals surface area contributed by atoms with Crippen molar-refractivity contribution >= 4 is 40.2 Å². The first-order valence-electron chi connectivity index (χ1n) is 11.7. The second-order valence-corrected chi connectivity index (χ2v) is 9.95. The van der Waals surface area contributed by atoms with Gasteiger partial charge in [0.25, 0.3) is 5.91 Å². The van der Waals surface area contributed by atoms with Crippen LogP contribution in [0.5, 0.6) is 5.75 Å². The summed E-state index contributed by atoms with van der Waals surface area (Å²) in [5.41, 5.74) is 2.66. The molecule has 8 nitrogen and oxygen atoms in total. The number of fused-ring (bicyclic) bond motifs is 3. The fraction of sp³-hybridized carbons (Fsp3) is 0.231. The quantitative estimate of drug-likeness (QED) is 0.421. The molecule has 2 N–H and O–H groups in total. The first-order chi connectivity index (χ1) is 17.9. The van der Waals surface area contributed by atoms with Crippen LogP contribution in [0, 0.1) is 11.6 Å². The zero-order chi connectivity index (χ0) is 25.7. The fourth-order valence-electron chi connectivity index (χ4n) is 4.80. The van der Waals surface area contributed by atoms with Gasteiger partial charge < -0.3 is 15.4 Å². The number of hydrogen-bond acceptors (Lipinski definition) is 6. The molecule has 1 unspecified atom stereocenters. The Balaban J connectivity index is 1.25. The largest absolute Gasteiger partial charge is 0.497 e. The van der Waals surface area contributed by atoms with Crippen LogP contribution in [-0.2, 0) is 17.6 Å². The molecule has 2 amide bonds. The van der Waals surface area contributed by atoms with Gasteiger partial charge in [-0.2, -0.15) is 5.10 Å². The molecule has 4 aromatic rings. The Bertz CT molecular complexity index is 1590. The summed E-state index contributed by atoms with van der Waals surface area (Å²) in [6.45, 7) is 0. The first kappa shape index (κ1) is 23.4. The predicted molar refractivity (Wildman–Crippen MR) is 134 cm³/mol. The number of aryl methyl sites for hydroxylation is 1. The molecule has 11 heteroatoms. The van der Waals surface area contributed by atoms with Crippen molar-refractivity contribution in [3.63, 3.8) is 0 Å². The molecule has 2 aliphatic rings. The van der Waals surface area contributed by atoms with Gasteiger partial charge in [-0.05, 0) is 55.2 Å². The lowest BCUT2D eigenvalue weighted by atomic mass is 9.93. The standard InChI is InChI=1S/C26H21F2N5O3S/c1-36-15-3-5-19-16(9-15)20(6-7-29-19)33-11-13-8-14(2-4-18(13)32-33)30-26(35)23-17(27)10-21-25(24(23)28)31-22(34)12-37-21/h3,5-7,9-11,14H,2,4,8,12H2,1H3,(H,30,35)(H,31,34). The van der Waals surface area contributed by atoms with Gasteiger partial charge in [0, 0.05) is 28.7 Å². The molecule has 0 radical (unpaired) electrons. The van der Waals surface area contributed by atoms with Crippen molar-refractivity contribution in [1.29, 1.82) is 0 Å². The van der Waals surface area contributed by atoms with Crippen LogP contribution in [0.2, 0.25) is 0 Å². The maximum atomic E-state index is 15.0. The van der Waals surface area contributed by atoms with E-state index >= 15 is 4.39 Å². The molecule has 0 saturated heterocycles. The average molecular weight is 522 g/mol. The second-order valence-electron chi connectivity index (χ2n) is 8.93. The van der Waals surface area contributed by atoms with Crippen molar-refractivity contribution in [2.45, 2.75) is 30.2 Å². The number of rotatable bonds is 4. The average Bonchev–Trinajstić information content (AvgIpc) is 3.31. The summed E-state index contributed by atoms with van der Waals surface area (Å²) in [7, 11) is 1.61. The number of thioether (sulfide) groups is 1. The number of carbonyl (C=O) groups excluding carboxylic acids is 2. The van der Waals surface area contributed by atoms with Gasteiger partial charge in [-0.3, -0.25) is 14.6 Å². The van der Waals surface area contributed by atoms with Gasteiger partial charge in [0.15, 0.2) is 5.82 Å². The van der Waals surface area contributed by atoms with Crippen molar-refractivity contribution < 1.29 is 23.1 Å². The normalized spacial score (nSPS) is 16.6. The van der Waals surface area contributed by atoms with Gasteiger partial charge in [-0.1, -0.05) is 0 Å². The van der Waals surface area contributed by atoms with E-state index < -0.39 is 29.0 Å². The van der Waals surface area contributed by atoms with Gasteiger partial charge >= 0.3 is 0 Å². The van der Waals surface area contributed by atoms with E-state index in [4.69, 9.17) is 9.84 Å². The summed E-state index contributed by atoms with van der Waals surface area (Å²) >= 11 is 1.03. The summed E-state index contributed by atoms with van der Waals surface area (Å²) in [5.74, 6) is -2.49. The second kappa shape index (κ2) is 9.15. The maximum absolute atomic E-state index is 15.0. The molecule has 1 atom stereocenters. The van der Waals surface area contributed by atoms with Crippen molar-refractivity contribution in [1.82, 2.24) is 20.1 Å². The van der Waals surface area contributed by atoms with Crippen molar-refractivity contribution in [2.75, 3.05) is 18.2 Å². The maximum Gasteiger partial charge on any atom is 0.257 e. The van der Waals surface area contributed by atoms with E-state index in [1.54, 1.807) is 18.0 Å². The Labute approximate surface area is 214 Å². The molecule has 0 fully saturated rings. The highest BCUT2D eigenvalue weighted by Gasteiger charge is 2.30. The lowest BCUT2D eigenvalue weighted by Crippen LogP contribution is -2.39. The van der Waals surface area contributed by atoms with Gasteiger partial charge in [-0.15, -0.1) is 11.8 Å². The molecular weight excluding hydrogens is 500 g/mol. The molecule has 0 saturated carbocycles. The number of carbonyl (C=O) groups is 2. The minimum atomic E-state index is -1.06. The first-order valence-corrected chi connectivity index (χ1v) is 12.7. The van der Waals surface area contributed by atoms with Gasteiger partial charge in [0.05, 0.1) is 35.4 Å². The highest BCUT2D eigenvalue weighted by Crippen LogP contribution is 2.36. The molecule has 0 bridgehead atoms. The number of benzene rings is 2. The zero-order valence-corrected chi connectivity index (χ0v) is 20.5. The lowest BCUT2D eigenvalue weighted by molar-refractivity contribution is -0.113. The Morgan fingerprint density at radius 1 is 1.27 bits per heavy atom. The highest BCUT2D eigenvalue weighted by atomic mass is 32.2. The van der Waals surface area contributed by atoms with Crippen LogP contribution >= 0.6 is 11.8 Å². The number of nitrogens with zero attached hydrogens (tertiary/aromatic N) is 3.